The summed E-state index contributed by atoms with van der Waals surface area (Å²) in [6.07, 6.45) is 2.44. The van der Waals surface area contributed by atoms with Crippen LogP contribution in [0.4, 0.5) is 0 Å². The van der Waals surface area contributed by atoms with Crippen molar-refractivity contribution < 1.29 is 0 Å². The second-order valence-corrected chi connectivity index (χ2v) is 11.4. The lowest BCUT2D eigenvalue weighted by Gasteiger charge is -2.23. The molecule has 0 saturated carbocycles. The molecule has 0 atom stereocenters. The first kappa shape index (κ1) is 13.1. The Bertz CT molecular complexity index is 764. The zero-order valence-corrected chi connectivity index (χ0v) is 14.2. The van der Waals surface area contributed by atoms with Crippen molar-refractivity contribution in [2.75, 3.05) is 0 Å². The van der Waals surface area contributed by atoms with Gasteiger partial charge in [-0.05, 0) is 38.6 Å². The van der Waals surface area contributed by atoms with E-state index in [0.717, 1.165) is 0 Å². The minimum atomic E-state index is -1.55. The Morgan fingerprint density at radius 3 is 2.24 bits per heavy atom. The Kier molecular flexibility index (Phi) is 2.62. The van der Waals surface area contributed by atoms with E-state index < -0.39 is 8.07 Å². The van der Waals surface area contributed by atoms with Gasteiger partial charge in [0.15, 0.2) is 0 Å². The van der Waals surface area contributed by atoms with Gasteiger partial charge in [0, 0.05) is 6.42 Å². The van der Waals surface area contributed by atoms with Gasteiger partial charge in [-0.2, -0.15) is 0 Å². The van der Waals surface area contributed by atoms with Gasteiger partial charge in [0.1, 0.15) is 8.07 Å². The quantitative estimate of drug-likeness (QED) is 0.697. The van der Waals surface area contributed by atoms with Crippen molar-refractivity contribution in [3.8, 4) is 11.1 Å². The third-order valence-electron chi connectivity index (χ3n) is 5.07. The van der Waals surface area contributed by atoms with Crippen molar-refractivity contribution in [2.24, 2.45) is 5.92 Å². The molecule has 1 radical (unpaired) electrons. The zero-order valence-electron chi connectivity index (χ0n) is 13.2. The van der Waals surface area contributed by atoms with Crippen molar-refractivity contribution in [2.45, 2.75) is 26.9 Å². The van der Waals surface area contributed by atoms with Gasteiger partial charge < -0.3 is 0 Å². The third-order valence-corrected chi connectivity index (χ3v) is 8.62. The Morgan fingerprint density at radius 1 is 0.857 bits per heavy atom. The summed E-state index contributed by atoms with van der Waals surface area (Å²) in [4.78, 5) is 0. The molecule has 2 aromatic rings. The van der Waals surface area contributed by atoms with Crippen LogP contribution in [0.3, 0.4) is 0 Å². The first-order valence-electron chi connectivity index (χ1n) is 7.84. The summed E-state index contributed by atoms with van der Waals surface area (Å²) in [5.74, 6) is 0.613. The van der Waals surface area contributed by atoms with Crippen molar-refractivity contribution in [3.05, 3.63) is 65.6 Å². The van der Waals surface area contributed by atoms with Gasteiger partial charge in [-0.25, -0.2) is 0 Å². The molecule has 1 aliphatic carbocycles. The Hall–Kier alpha value is -1.60. The van der Waals surface area contributed by atoms with E-state index >= 15 is 0 Å². The second kappa shape index (κ2) is 4.20. The average molecular weight is 289 g/mol. The van der Waals surface area contributed by atoms with Crippen molar-refractivity contribution in [1.82, 2.24) is 0 Å². The van der Waals surface area contributed by atoms with Gasteiger partial charge in [-0.3, -0.25) is 0 Å². The molecule has 2 bridgehead atoms. The standard InChI is InChI=1S/C20H21Si/c1-13(2)16-12-15-10-11-17-18(14-8-6-5-7-9-14)19(15)20(16)21(17,3)4/h5-13H,1-4H3. The fourth-order valence-corrected chi connectivity index (χ4v) is 7.72. The van der Waals surface area contributed by atoms with E-state index in [4.69, 9.17) is 0 Å². The van der Waals surface area contributed by atoms with E-state index in [1.807, 2.05) is 0 Å². The van der Waals surface area contributed by atoms with Crippen molar-refractivity contribution in [1.29, 1.82) is 0 Å². The molecule has 1 heteroatoms. The fourth-order valence-electron chi connectivity index (χ4n) is 4.08. The minimum absolute atomic E-state index is 0.613. The summed E-state index contributed by atoms with van der Waals surface area (Å²) in [6.45, 7) is 9.69. The molecule has 2 aliphatic rings. The summed E-state index contributed by atoms with van der Waals surface area (Å²) in [7, 11) is -1.55. The fraction of sp³-hybridized carbons (Fsp3) is 0.250. The molecule has 0 saturated heterocycles. The highest BCUT2D eigenvalue weighted by atomic mass is 28.3. The maximum absolute atomic E-state index is 2.52. The van der Waals surface area contributed by atoms with E-state index in [0.29, 0.717) is 5.92 Å². The predicted octanol–water partition coefficient (Wildman–Crippen LogP) is 4.80. The molecular formula is C20H21Si. The van der Waals surface area contributed by atoms with Crippen LogP contribution in [0.1, 0.15) is 25.0 Å². The molecule has 21 heavy (non-hydrogen) atoms. The second-order valence-electron chi connectivity index (χ2n) is 7.07. The normalized spacial score (nSPS) is 18.0. The highest BCUT2D eigenvalue weighted by Gasteiger charge is 2.45. The number of hydrogen-bond donors (Lipinski definition) is 0. The molecule has 1 heterocycles. The molecule has 2 aromatic carbocycles. The monoisotopic (exact) mass is 289 g/mol. The van der Waals surface area contributed by atoms with Crippen molar-refractivity contribution >= 4 is 18.5 Å². The summed E-state index contributed by atoms with van der Waals surface area (Å²) in [6, 6.07) is 15.7. The van der Waals surface area contributed by atoms with Crippen LogP contribution in [0, 0.1) is 12.3 Å². The van der Waals surface area contributed by atoms with Gasteiger partial charge in [0.05, 0.1) is 0 Å². The lowest BCUT2D eigenvalue weighted by molar-refractivity contribution is 0.788. The lowest BCUT2D eigenvalue weighted by Crippen LogP contribution is -2.39. The van der Waals surface area contributed by atoms with Crippen LogP contribution >= 0.6 is 0 Å². The van der Waals surface area contributed by atoms with Gasteiger partial charge >= 0.3 is 0 Å². The van der Waals surface area contributed by atoms with Crippen LogP contribution in [0.5, 0.6) is 0 Å². The number of fused-ring (bicyclic) bond motifs is 1. The molecule has 0 nitrogen and oxygen atoms in total. The smallest absolute Gasteiger partial charge is 0.0622 e. The van der Waals surface area contributed by atoms with Crippen LogP contribution in [-0.4, -0.2) is 8.07 Å². The zero-order chi connectivity index (χ0) is 14.8. The SMILES string of the molecule is CC(C)C1=C2c3c(ccc(c3-c3ccccc3)[Si]2(C)C)[CH]1. The maximum Gasteiger partial charge on any atom is 0.113 e. The molecule has 0 aromatic heterocycles. The molecule has 4 rings (SSSR count). The van der Waals surface area contributed by atoms with Gasteiger partial charge in [-0.1, -0.05) is 75.0 Å². The molecule has 0 unspecified atom stereocenters. The minimum Gasteiger partial charge on any atom is -0.0622 e. The molecule has 1 aliphatic heterocycles. The number of benzene rings is 2. The summed E-state index contributed by atoms with van der Waals surface area (Å²) < 4.78 is 0. The molecule has 0 spiro atoms. The van der Waals surface area contributed by atoms with E-state index in [9.17, 15) is 0 Å². The van der Waals surface area contributed by atoms with Crippen LogP contribution in [0.25, 0.3) is 16.3 Å². The lowest BCUT2D eigenvalue weighted by atomic mass is 9.97. The van der Waals surface area contributed by atoms with Gasteiger partial charge in [-0.15, -0.1) is 0 Å². The Morgan fingerprint density at radius 2 is 1.57 bits per heavy atom. The molecule has 0 N–H and O–H groups in total. The van der Waals surface area contributed by atoms with Crippen LogP contribution < -0.4 is 5.19 Å². The number of hydrogen-bond acceptors (Lipinski definition) is 0. The van der Waals surface area contributed by atoms with E-state index in [-0.39, 0.29) is 0 Å². The van der Waals surface area contributed by atoms with Crippen LogP contribution in [0.15, 0.2) is 48.0 Å². The number of rotatable bonds is 2. The first-order chi connectivity index (χ1) is 10.0. The van der Waals surface area contributed by atoms with Gasteiger partial charge in [0.25, 0.3) is 0 Å². The highest BCUT2D eigenvalue weighted by molar-refractivity contribution is 7.07. The maximum atomic E-state index is 2.52. The largest absolute Gasteiger partial charge is 0.113 e. The summed E-state index contributed by atoms with van der Waals surface area (Å²) in [5, 5.41) is 3.32. The van der Waals surface area contributed by atoms with Gasteiger partial charge in [0.2, 0.25) is 0 Å². The topological polar surface area (TPSA) is 0 Å². The first-order valence-corrected chi connectivity index (χ1v) is 10.8. The Labute approximate surface area is 128 Å². The Balaban J connectivity index is 2.08. The summed E-state index contributed by atoms with van der Waals surface area (Å²) in [5.41, 5.74) is 7.49. The average Bonchev–Trinajstić information content (AvgIpc) is 2.93. The third kappa shape index (κ3) is 1.61. The van der Waals surface area contributed by atoms with E-state index in [1.165, 1.54) is 16.7 Å². The number of allylic oxidation sites excluding steroid dienone is 1. The van der Waals surface area contributed by atoms with E-state index in [1.54, 1.807) is 21.5 Å². The molecule has 0 fully saturated rings. The highest BCUT2D eigenvalue weighted by Crippen LogP contribution is 2.51. The predicted molar refractivity (Wildman–Crippen MR) is 94.2 cm³/mol. The molecule has 0 amide bonds. The van der Waals surface area contributed by atoms with Crippen LogP contribution in [0.2, 0.25) is 13.1 Å². The van der Waals surface area contributed by atoms with Crippen LogP contribution in [-0.2, 0) is 0 Å². The summed E-state index contributed by atoms with van der Waals surface area (Å²) >= 11 is 0. The van der Waals surface area contributed by atoms with Crippen molar-refractivity contribution in [3.63, 3.8) is 0 Å². The van der Waals surface area contributed by atoms with E-state index in [2.05, 4.69) is 75.8 Å². The molecule has 105 valence electrons. The molecular weight excluding hydrogens is 268 g/mol.